The van der Waals surface area contributed by atoms with E-state index in [-0.39, 0.29) is 29.4 Å². The number of nitrogens with zero attached hydrogens (tertiary/aromatic N) is 4. The molecule has 3 amide bonds. The van der Waals surface area contributed by atoms with E-state index < -0.39 is 28.9 Å². The van der Waals surface area contributed by atoms with Crippen molar-refractivity contribution in [2.24, 2.45) is 5.73 Å². The highest BCUT2D eigenvalue weighted by Crippen LogP contribution is 2.45. The number of rotatable bonds is 6. The molecule has 0 aliphatic carbocycles. The van der Waals surface area contributed by atoms with Crippen LogP contribution in [0.15, 0.2) is 41.1 Å². The molecule has 13 heteroatoms. The maximum absolute atomic E-state index is 14.4. The van der Waals surface area contributed by atoms with E-state index in [0.717, 1.165) is 36.4 Å². The smallest absolute Gasteiger partial charge is 0.411 e. The second kappa shape index (κ2) is 12.4. The molecule has 252 valence electrons. The Morgan fingerprint density at radius 1 is 1.13 bits per heavy atom. The number of hydrogen-bond acceptors (Lipinski definition) is 10. The van der Waals surface area contributed by atoms with E-state index in [4.69, 9.17) is 24.4 Å². The number of nitrogens with two attached hydrogens (primary N) is 1. The Bertz CT molecular complexity index is 1670. The van der Waals surface area contributed by atoms with E-state index in [9.17, 15) is 14.4 Å². The molecule has 13 nitrogen and oxygen atoms in total. The van der Waals surface area contributed by atoms with E-state index in [1.54, 1.807) is 11.0 Å². The number of fused-ring (bicyclic) bond motifs is 1. The number of carbonyl (C=O) groups excluding carboxylic acids is 3. The fourth-order valence-electron chi connectivity index (χ4n) is 5.94. The number of hydrogen-bond donors (Lipinski definition) is 2. The Morgan fingerprint density at radius 2 is 1.87 bits per heavy atom. The molecule has 0 spiro atoms. The second-order valence-corrected chi connectivity index (χ2v) is 14.6. The Hall–Kier alpha value is -4.81. The third-order valence-corrected chi connectivity index (χ3v) is 7.67. The number of primary amides is 1. The van der Waals surface area contributed by atoms with Crippen LogP contribution >= 0.6 is 0 Å². The van der Waals surface area contributed by atoms with Gasteiger partial charge in [0.2, 0.25) is 11.8 Å². The summed E-state index contributed by atoms with van der Waals surface area (Å²) >= 11 is 0. The van der Waals surface area contributed by atoms with Crippen LogP contribution in [0.5, 0.6) is 11.6 Å². The molecule has 3 N–H and O–H groups in total. The third-order valence-electron chi connectivity index (χ3n) is 7.67. The van der Waals surface area contributed by atoms with E-state index in [1.807, 2.05) is 67.5 Å². The fraction of sp³-hybridized carbons (Fsp3) is 0.500. The van der Waals surface area contributed by atoms with Gasteiger partial charge in [-0.2, -0.15) is 0 Å². The van der Waals surface area contributed by atoms with Gasteiger partial charge in [0.25, 0.3) is 5.91 Å². The van der Waals surface area contributed by atoms with E-state index in [0.29, 0.717) is 24.2 Å². The van der Waals surface area contributed by atoms with E-state index in [1.165, 1.54) is 18.5 Å². The standard InChI is InChI=1S/C34H44N6O7/c1-32(2,3)40(29(41)23-19-44-28(38-23)20-11-12-36-27(15-20)45-30(35)42)25-14-21-17-34(7,8)46-26(21)16-24(25)39-13-9-10-22(18-39)37-31(43)47-33(4,5)6/h11-12,14-16,19,22H,9-10,13,17-18H2,1-8H3,(H2,35,42)(H,37,43). The summed E-state index contributed by atoms with van der Waals surface area (Å²) in [5.74, 6) is 0.532. The summed E-state index contributed by atoms with van der Waals surface area (Å²) in [6.07, 6.45) is 3.57. The van der Waals surface area contributed by atoms with Crippen molar-refractivity contribution in [1.29, 1.82) is 0 Å². The highest BCUT2D eigenvalue weighted by atomic mass is 16.6. The third kappa shape index (κ3) is 7.95. The topological polar surface area (TPSA) is 162 Å². The Labute approximate surface area is 274 Å². The molecule has 2 aliphatic rings. The van der Waals surface area contributed by atoms with Crippen molar-refractivity contribution in [3.05, 3.63) is 48.0 Å². The monoisotopic (exact) mass is 648 g/mol. The van der Waals surface area contributed by atoms with Crippen LogP contribution in [-0.4, -0.2) is 63.9 Å². The van der Waals surface area contributed by atoms with Gasteiger partial charge in [-0.05, 0) is 80.4 Å². The zero-order valence-corrected chi connectivity index (χ0v) is 28.3. The van der Waals surface area contributed by atoms with Crippen molar-refractivity contribution in [3.63, 3.8) is 0 Å². The van der Waals surface area contributed by atoms with Gasteiger partial charge in [-0.3, -0.25) is 9.69 Å². The normalized spacial score (nSPS) is 17.4. The number of alkyl carbamates (subject to hydrolysis) is 1. The van der Waals surface area contributed by atoms with Crippen LogP contribution in [0.1, 0.15) is 84.3 Å². The molecular weight excluding hydrogens is 604 g/mol. The molecule has 0 bridgehead atoms. The van der Waals surface area contributed by atoms with E-state index in [2.05, 4.69) is 20.2 Å². The molecule has 1 fully saturated rings. The summed E-state index contributed by atoms with van der Waals surface area (Å²) in [4.78, 5) is 50.7. The van der Waals surface area contributed by atoms with Gasteiger partial charge in [-0.15, -0.1) is 0 Å². The Balaban J connectivity index is 1.51. The number of nitrogens with one attached hydrogen (secondary N) is 1. The van der Waals surface area contributed by atoms with E-state index >= 15 is 0 Å². The number of piperidine rings is 1. The van der Waals surface area contributed by atoms with Crippen LogP contribution in [0, 0.1) is 0 Å². The van der Waals surface area contributed by atoms with Crippen molar-refractivity contribution in [3.8, 4) is 23.1 Å². The highest BCUT2D eigenvalue weighted by Gasteiger charge is 2.38. The zero-order valence-electron chi connectivity index (χ0n) is 28.3. The molecule has 47 heavy (non-hydrogen) atoms. The van der Waals surface area contributed by atoms with Gasteiger partial charge in [-0.25, -0.2) is 19.6 Å². The van der Waals surface area contributed by atoms with Crippen LogP contribution < -0.4 is 30.3 Å². The van der Waals surface area contributed by atoms with Crippen LogP contribution in [-0.2, 0) is 11.2 Å². The predicted octanol–water partition coefficient (Wildman–Crippen LogP) is 5.85. The summed E-state index contributed by atoms with van der Waals surface area (Å²) in [6, 6.07) is 6.95. The molecular formula is C34H44N6O7. The van der Waals surface area contributed by atoms with Crippen molar-refractivity contribution in [2.45, 2.75) is 97.4 Å². The summed E-state index contributed by atoms with van der Waals surface area (Å²) in [6.45, 7) is 16.7. The van der Waals surface area contributed by atoms with Gasteiger partial charge in [-0.1, -0.05) is 0 Å². The molecule has 5 rings (SSSR count). The maximum Gasteiger partial charge on any atom is 0.411 e. The number of anilines is 2. The average molecular weight is 649 g/mol. The number of amides is 3. The lowest BCUT2D eigenvalue weighted by Crippen LogP contribution is -2.50. The number of carbonyl (C=O) groups is 3. The molecule has 1 saturated heterocycles. The molecule has 1 atom stereocenters. The van der Waals surface area contributed by atoms with Crippen LogP contribution in [0.2, 0.25) is 0 Å². The first-order chi connectivity index (χ1) is 21.9. The Kier molecular flexibility index (Phi) is 8.87. The fourth-order valence-corrected chi connectivity index (χ4v) is 5.94. The molecule has 0 saturated carbocycles. The first-order valence-corrected chi connectivity index (χ1v) is 15.7. The van der Waals surface area contributed by atoms with Crippen molar-refractivity contribution in [2.75, 3.05) is 22.9 Å². The Morgan fingerprint density at radius 3 is 2.55 bits per heavy atom. The molecule has 1 unspecified atom stereocenters. The summed E-state index contributed by atoms with van der Waals surface area (Å²) in [5.41, 5.74) is 6.48. The minimum atomic E-state index is -1.00. The van der Waals surface area contributed by atoms with Gasteiger partial charge >= 0.3 is 12.2 Å². The van der Waals surface area contributed by atoms with Crippen molar-refractivity contribution >= 4 is 29.5 Å². The molecule has 2 aliphatic heterocycles. The lowest BCUT2D eigenvalue weighted by Gasteiger charge is -2.41. The van der Waals surface area contributed by atoms with Crippen LogP contribution in [0.4, 0.5) is 21.0 Å². The van der Waals surface area contributed by atoms with Gasteiger partial charge < -0.3 is 34.6 Å². The number of aromatic nitrogens is 2. The lowest BCUT2D eigenvalue weighted by molar-refractivity contribution is 0.0499. The molecule has 3 aromatic rings. The minimum Gasteiger partial charge on any atom is -0.487 e. The largest absolute Gasteiger partial charge is 0.487 e. The van der Waals surface area contributed by atoms with Crippen molar-refractivity contribution < 1.29 is 33.0 Å². The molecule has 0 radical (unpaired) electrons. The van der Waals surface area contributed by atoms with Gasteiger partial charge in [0.1, 0.15) is 23.2 Å². The predicted molar refractivity (Wildman–Crippen MR) is 176 cm³/mol. The van der Waals surface area contributed by atoms with Crippen molar-refractivity contribution in [1.82, 2.24) is 15.3 Å². The quantitative estimate of drug-likeness (QED) is 0.332. The van der Waals surface area contributed by atoms with Crippen LogP contribution in [0.25, 0.3) is 11.5 Å². The SMILES string of the molecule is CC(C)(C)OC(=O)NC1CCCN(c2cc3c(cc2N(C(=O)c2coc(-c4ccnc(OC(N)=O)c4)n2)C(C)(C)C)CC(C)(C)O3)C1. The number of oxazole rings is 1. The minimum absolute atomic E-state index is 0.0219. The maximum atomic E-state index is 14.4. The summed E-state index contributed by atoms with van der Waals surface area (Å²) < 4.78 is 22.5. The number of benzene rings is 1. The number of ether oxygens (including phenoxy) is 3. The first kappa shape index (κ1) is 33.6. The lowest BCUT2D eigenvalue weighted by atomic mass is 9.97. The zero-order chi connectivity index (χ0) is 34.3. The molecule has 4 heterocycles. The van der Waals surface area contributed by atoms with Gasteiger partial charge in [0.15, 0.2) is 5.69 Å². The second-order valence-electron chi connectivity index (χ2n) is 14.6. The van der Waals surface area contributed by atoms with Gasteiger partial charge in [0, 0.05) is 60.5 Å². The first-order valence-electron chi connectivity index (χ1n) is 15.7. The molecule has 2 aromatic heterocycles. The van der Waals surface area contributed by atoms with Crippen LogP contribution in [0.3, 0.4) is 0 Å². The van der Waals surface area contributed by atoms with Gasteiger partial charge in [0.05, 0.1) is 11.4 Å². The number of pyridine rings is 1. The highest BCUT2D eigenvalue weighted by molar-refractivity contribution is 6.08. The summed E-state index contributed by atoms with van der Waals surface area (Å²) in [7, 11) is 0. The average Bonchev–Trinajstić information content (AvgIpc) is 3.54. The summed E-state index contributed by atoms with van der Waals surface area (Å²) in [5, 5.41) is 3.02. The molecule has 1 aromatic carbocycles.